The molecule has 102 valence electrons. The van der Waals surface area contributed by atoms with Crippen molar-refractivity contribution in [1.29, 1.82) is 0 Å². The molecule has 4 nitrogen and oxygen atoms in total. The van der Waals surface area contributed by atoms with Gasteiger partial charge in [-0.2, -0.15) is 0 Å². The summed E-state index contributed by atoms with van der Waals surface area (Å²) in [7, 11) is 1.80. The first kappa shape index (κ1) is 13.0. The normalized spacial score (nSPS) is 29.3. The van der Waals surface area contributed by atoms with Crippen LogP contribution >= 0.6 is 11.8 Å². The molecule has 19 heavy (non-hydrogen) atoms. The van der Waals surface area contributed by atoms with E-state index in [1.54, 1.807) is 23.7 Å². The Labute approximate surface area is 117 Å². The third kappa shape index (κ3) is 2.38. The number of hydrogen-bond acceptors (Lipinski definition) is 4. The quantitative estimate of drug-likeness (QED) is 0.827. The van der Waals surface area contributed by atoms with Gasteiger partial charge < -0.3 is 15.3 Å². The number of aliphatic hydroxyl groups excluding tert-OH is 1. The topological polar surface area (TPSA) is 52.6 Å². The lowest BCUT2D eigenvalue weighted by atomic mass is 10.1. The maximum Gasteiger partial charge on any atom is 0.236 e. The highest BCUT2D eigenvalue weighted by Crippen LogP contribution is 2.37. The van der Waals surface area contributed by atoms with Gasteiger partial charge in [0.05, 0.1) is 17.4 Å². The first-order chi connectivity index (χ1) is 9.16. The summed E-state index contributed by atoms with van der Waals surface area (Å²) in [4.78, 5) is 15.4. The molecule has 0 radical (unpaired) electrons. The second kappa shape index (κ2) is 5.15. The maximum atomic E-state index is 12.5. The van der Waals surface area contributed by atoms with Crippen molar-refractivity contribution < 1.29 is 9.90 Å². The Balaban J connectivity index is 1.69. The molecule has 2 heterocycles. The number of rotatable bonds is 2. The summed E-state index contributed by atoms with van der Waals surface area (Å²) in [5.41, 5.74) is 1.25. The van der Waals surface area contributed by atoms with E-state index in [0.29, 0.717) is 13.1 Å². The molecule has 0 aliphatic carbocycles. The van der Waals surface area contributed by atoms with E-state index in [0.717, 1.165) is 6.42 Å². The van der Waals surface area contributed by atoms with Crippen molar-refractivity contribution in [2.24, 2.45) is 0 Å². The minimum absolute atomic E-state index is 0.0461. The van der Waals surface area contributed by atoms with Crippen LogP contribution in [0.5, 0.6) is 0 Å². The zero-order valence-corrected chi connectivity index (χ0v) is 11.7. The predicted molar refractivity (Wildman–Crippen MR) is 75.2 cm³/mol. The number of carbonyl (C=O) groups excluding carboxylic acids is 1. The largest absolute Gasteiger partial charge is 0.390 e. The zero-order chi connectivity index (χ0) is 13.4. The van der Waals surface area contributed by atoms with Gasteiger partial charge in [0.2, 0.25) is 5.91 Å². The van der Waals surface area contributed by atoms with Gasteiger partial charge >= 0.3 is 0 Å². The lowest BCUT2D eigenvalue weighted by molar-refractivity contribution is -0.132. The molecule has 1 fully saturated rings. The summed E-state index contributed by atoms with van der Waals surface area (Å²) < 4.78 is 0. The van der Waals surface area contributed by atoms with Gasteiger partial charge in [-0.3, -0.25) is 4.79 Å². The number of benzene rings is 1. The summed E-state index contributed by atoms with van der Waals surface area (Å²) in [6.45, 7) is 1.24. The Bertz CT molecular complexity index is 469. The molecule has 1 unspecified atom stereocenters. The number of amides is 1. The lowest BCUT2D eigenvalue weighted by Crippen LogP contribution is -2.47. The number of thioether (sulfide) groups is 1. The Morgan fingerprint density at radius 3 is 2.89 bits per heavy atom. The second-order valence-electron chi connectivity index (χ2n) is 5.16. The first-order valence-corrected chi connectivity index (χ1v) is 7.45. The number of β-amino-alcohol motifs (C(OH)–C–C–N with tert-alkyl or cyclic N) is 1. The third-order valence-corrected chi connectivity index (χ3v) is 5.22. The van der Waals surface area contributed by atoms with E-state index in [2.05, 4.69) is 17.4 Å². The standard InChI is InChI=1S/C14H18N2O2S/c1-16(10-7-15-8-11(10)17)14(18)13-6-9-4-2-3-5-12(9)19-13/h2-5,10-11,13,15,17H,6-8H2,1H3/t10-,11-,13?/m1/s1. The zero-order valence-electron chi connectivity index (χ0n) is 10.9. The monoisotopic (exact) mass is 278 g/mol. The van der Waals surface area contributed by atoms with E-state index in [1.165, 1.54) is 10.5 Å². The molecule has 1 amide bonds. The average Bonchev–Trinajstić information content (AvgIpc) is 3.02. The van der Waals surface area contributed by atoms with Crippen LogP contribution in [-0.4, -0.2) is 53.4 Å². The van der Waals surface area contributed by atoms with Crippen molar-refractivity contribution >= 4 is 17.7 Å². The Morgan fingerprint density at radius 2 is 2.21 bits per heavy atom. The van der Waals surface area contributed by atoms with E-state index >= 15 is 0 Å². The van der Waals surface area contributed by atoms with Gasteiger partial charge in [-0.05, 0) is 18.1 Å². The van der Waals surface area contributed by atoms with Crippen molar-refractivity contribution in [3.63, 3.8) is 0 Å². The van der Waals surface area contributed by atoms with E-state index in [-0.39, 0.29) is 17.2 Å². The minimum Gasteiger partial charge on any atom is -0.390 e. The Morgan fingerprint density at radius 1 is 1.42 bits per heavy atom. The minimum atomic E-state index is -0.456. The van der Waals surface area contributed by atoms with Crippen LogP contribution in [0.1, 0.15) is 5.56 Å². The predicted octanol–water partition coefficient (Wildman–Crippen LogP) is 0.494. The molecule has 3 atom stereocenters. The van der Waals surface area contributed by atoms with Crippen molar-refractivity contribution in [3.8, 4) is 0 Å². The summed E-state index contributed by atoms with van der Waals surface area (Å²) in [6.07, 6.45) is 0.336. The highest BCUT2D eigenvalue weighted by atomic mass is 32.2. The van der Waals surface area contributed by atoms with Gasteiger partial charge in [0.15, 0.2) is 0 Å². The smallest absolute Gasteiger partial charge is 0.236 e. The van der Waals surface area contributed by atoms with Crippen molar-refractivity contribution in [3.05, 3.63) is 29.8 Å². The number of fused-ring (bicyclic) bond motifs is 1. The van der Waals surface area contributed by atoms with Crippen LogP contribution in [0.4, 0.5) is 0 Å². The highest BCUT2D eigenvalue weighted by molar-refractivity contribution is 8.01. The molecule has 2 aliphatic rings. The van der Waals surface area contributed by atoms with Gasteiger partial charge in [-0.25, -0.2) is 0 Å². The van der Waals surface area contributed by atoms with E-state index < -0.39 is 6.10 Å². The number of likely N-dealkylation sites (N-methyl/N-ethyl adjacent to an activating group) is 1. The molecule has 0 saturated carbocycles. The van der Waals surface area contributed by atoms with Gasteiger partial charge in [0.1, 0.15) is 0 Å². The number of hydrogen-bond donors (Lipinski definition) is 2. The molecule has 0 aromatic heterocycles. The molecular weight excluding hydrogens is 260 g/mol. The molecule has 0 bridgehead atoms. The molecule has 0 spiro atoms. The van der Waals surface area contributed by atoms with Crippen molar-refractivity contribution in [2.75, 3.05) is 20.1 Å². The Hall–Kier alpha value is -1.04. The second-order valence-corrected chi connectivity index (χ2v) is 6.40. The molecule has 3 rings (SSSR count). The summed E-state index contributed by atoms with van der Waals surface area (Å²) in [5, 5.41) is 12.9. The van der Waals surface area contributed by atoms with Gasteiger partial charge in [0.25, 0.3) is 0 Å². The van der Waals surface area contributed by atoms with Crippen LogP contribution in [0, 0.1) is 0 Å². The third-order valence-electron chi connectivity index (χ3n) is 3.92. The average molecular weight is 278 g/mol. The van der Waals surface area contributed by atoms with E-state index in [4.69, 9.17) is 0 Å². The van der Waals surface area contributed by atoms with Crippen LogP contribution in [0.15, 0.2) is 29.2 Å². The van der Waals surface area contributed by atoms with Crippen LogP contribution < -0.4 is 5.32 Å². The van der Waals surface area contributed by atoms with Crippen LogP contribution in [0.2, 0.25) is 0 Å². The SMILES string of the molecule is CN(C(=O)C1Cc2ccccc2S1)[C@@H]1CNC[C@H]1O. The summed E-state index contributed by atoms with van der Waals surface area (Å²) in [6, 6.07) is 8.07. The Kier molecular flexibility index (Phi) is 3.52. The van der Waals surface area contributed by atoms with E-state index in [9.17, 15) is 9.90 Å². The fraction of sp³-hybridized carbons (Fsp3) is 0.500. The lowest BCUT2D eigenvalue weighted by Gasteiger charge is -2.28. The molecule has 2 aliphatic heterocycles. The van der Waals surface area contributed by atoms with Crippen LogP contribution in [-0.2, 0) is 11.2 Å². The number of nitrogens with zero attached hydrogens (tertiary/aromatic N) is 1. The van der Waals surface area contributed by atoms with E-state index in [1.807, 2.05) is 12.1 Å². The highest BCUT2D eigenvalue weighted by Gasteiger charge is 2.36. The van der Waals surface area contributed by atoms with Gasteiger partial charge in [0, 0.05) is 25.0 Å². The molecular formula is C14H18N2O2S. The molecule has 2 N–H and O–H groups in total. The maximum absolute atomic E-state index is 12.5. The molecule has 5 heteroatoms. The fourth-order valence-electron chi connectivity index (χ4n) is 2.76. The molecule has 1 aromatic rings. The van der Waals surface area contributed by atoms with Gasteiger partial charge in [-0.15, -0.1) is 11.8 Å². The van der Waals surface area contributed by atoms with Crippen LogP contribution in [0.3, 0.4) is 0 Å². The van der Waals surface area contributed by atoms with Gasteiger partial charge in [-0.1, -0.05) is 18.2 Å². The fourth-order valence-corrected chi connectivity index (χ4v) is 4.05. The summed E-state index contributed by atoms with van der Waals surface area (Å²) >= 11 is 1.64. The van der Waals surface area contributed by atoms with Crippen molar-refractivity contribution in [2.45, 2.75) is 28.7 Å². The number of carbonyl (C=O) groups is 1. The number of nitrogens with one attached hydrogen (secondary N) is 1. The summed E-state index contributed by atoms with van der Waals surface area (Å²) in [5.74, 6) is 0.119. The van der Waals surface area contributed by atoms with Crippen molar-refractivity contribution in [1.82, 2.24) is 10.2 Å². The number of aliphatic hydroxyl groups is 1. The van der Waals surface area contributed by atoms with Crippen LogP contribution in [0.25, 0.3) is 0 Å². The first-order valence-electron chi connectivity index (χ1n) is 6.57. The molecule has 1 saturated heterocycles. The molecule has 1 aromatic carbocycles.